The Morgan fingerprint density at radius 3 is 2.13 bits per heavy atom. The van der Waals surface area contributed by atoms with Crippen LogP contribution >= 0.6 is 0 Å². The van der Waals surface area contributed by atoms with Crippen LogP contribution in [-0.2, 0) is 23.8 Å². The summed E-state index contributed by atoms with van der Waals surface area (Å²) >= 11 is 0. The zero-order valence-electron chi connectivity index (χ0n) is 8.08. The highest BCUT2D eigenvalue weighted by Gasteiger charge is 2.71. The maximum absolute atomic E-state index is 11.0. The minimum Gasteiger partial charge on any atom is -0.389 e. The van der Waals surface area contributed by atoms with Crippen molar-refractivity contribution in [1.82, 2.24) is 5.32 Å². The predicted octanol–water partition coefficient (Wildman–Crippen LogP) is -0.860. The number of nitrogens with one attached hydrogen (secondary N) is 1. The first-order valence-electron chi connectivity index (χ1n) is 4.99. The Morgan fingerprint density at radius 1 is 1.07 bits per heavy atom. The van der Waals surface area contributed by atoms with Crippen molar-refractivity contribution in [2.45, 2.75) is 18.8 Å². The smallest absolute Gasteiger partial charge is 0.389 e. The largest absolute Gasteiger partial charge is 0.422 e. The molecule has 3 heterocycles. The van der Waals surface area contributed by atoms with Gasteiger partial charge in [0.2, 0.25) is 0 Å². The van der Waals surface area contributed by atoms with E-state index in [1.807, 2.05) is 0 Å². The fourth-order valence-electron chi connectivity index (χ4n) is 2.37. The van der Waals surface area contributed by atoms with Crippen molar-refractivity contribution >= 4 is 11.9 Å². The third-order valence-electron chi connectivity index (χ3n) is 3.37. The number of rotatable bonds is 0. The molecule has 3 rings (SSSR count). The van der Waals surface area contributed by atoms with E-state index in [1.54, 1.807) is 0 Å². The quantitative estimate of drug-likeness (QED) is 0.417. The molecule has 6 nitrogen and oxygen atoms in total. The molecule has 0 radical (unpaired) electrons. The Labute approximate surface area is 85.9 Å². The van der Waals surface area contributed by atoms with Gasteiger partial charge in [0.1, 0.15) is 5.41 Å². The highest BCUT2D eigenvalue weighted by Crippen LogP contribution is 2.54. The molecule has 3 aliphatic heterocycles. The molecule has 82 valence electrons. The average Bonchev–Trinajstić information content (AvgIpc) is 2.58. The highest BCUT2D eigenvalue weighted by molar-refractivity contribution is 6.31. The molecule has 0 aromatic carbocycles. The van der Waals surface area contributed by atoms with Gasteiger partial charge in [0, 0.05) is 0 Å². The van der Waals surface area contributed by atoms with Gasteiger partial charge in [-0.2, -0.15) is 0 Å². The van der Waals surface area contributed by atoms with Crippen LogP contribution in [0.2, 0.25) is 0 Å². The molecular formula is C9H11NO5. The van der Waals surface area contributed by atoms with Crippen LogP contribution in [0.25, 0.3) is 0 Å². The van der Waals surface area contributed by atoms with Gasteiger partial charge >= 0.3 is 17.9 Å². The zero-order valence-corrected chi connectivity index (χ0v) is 8.08. The molecular weight excluding hydrogens is 202 g/mol. The molecule has 3 aliphatic rings. The molecule has 6 heteroatoms. The van der Waals surface area contributed by atoms with Gasteiger partial charge in [0.15, 0.2) is 0 Å². The van der Waals surface area contributed by atoms with Crippen LogP contribution in [0.5, 0.6) is 0 Å². The number of piperidine rings is 1. The van der Waals surface area contributed by atoms with Crippen LogP contribution < -0.4 is 5.32 Å². The van der Waals surface area contributed by atoms with Crippen molar-refractivity contribution in [3.63, 3.8) is 0 Å². The van der Waals surface area contributed by atoms with Crippen LogP contribution in [0.3, 0.4) is 0 Å². The molecule has 0 saturated carbocycles. The summed E-state index contributed by atoms with van der Waals surface area (Å²) in [5.41, 5.74) is -0.333. The van der Waals surface area contributed by atoms with E-state index in [9.17, 15) is 9.59 Å². The van der Waals surface area contributed by atoms with E-state index in [0.29, 0.717) is 6.61 Å². The Kier molecular flexibility index (Phi) is 1.64. The standard InChI is InChI=1S/C9H11NO5/c11-6-7(12)15-9(14-6)8(5-13-9)1-3-10-4-2-8/h10H,1-5H2. The van der Waals surface area contributed by atoms with E-state index in [4.69, 9.17) is 14.2 Å². The van der Waals surface area contributed by atoms with E-state index < -0.39 is 17.9 Å². The van der Waals surface area contributed by atoms with Gasteiger partial charge in [0.25, 0.3) is 0 Å². The van der Waals surface area contributed by atoms with Crippen LogP contribution in [-0.4, -0.2) is 37.6 Å². The SMILES string of the molecule is O=C1OC2(OCC23CCNCC3)OC1=O. The monoisotopic (exact) mass is 213 g/mol. The third kappa shape index (κ3) is 1.00. The van der Waals surface area contributed by atoms with Gasteiger partial charge in [-0.1, -0.05) is 0 Å². The van der Waals surface area contributed by atoms with Crippen LogP contribution in [0.1, 0.15) is 12.8 Å². The maximum atomic E-state index is 11.0. The first-order chi connectivity index (χ1) is 7.18. The van der Waals surface area contributed by atoms with Crippen molar-refractivity contribution in [2.24, 2.45) is 5.41 Å². The number of hydrogen-bond donors (Lipinski definition) is 1. The maximum Gasteiger partial charge on any atom is 0.422 e. The normalized spacial score (nSPS) is 31.2. The van der Waals surface area contributed by atoms with Gasteiger partial charge in [0.05, 0.1) is 6.61 Å². The molecule has 3 saturated heterocycles. The van der Waals surface area contributed by atoms with Crippen molar-refractivity contribution in [3.8, 4) is 0 Å². The first-order valence-corrected chi connectivity index (χ1v) is 4.99. The summed E-state index contributed by atoms with van der Waals surface area (Å²) in [7, 11) is 0. The Balaban J connectivity index is 1.87. The van der Waals surface area contributed by atoms with Crippen molar-refractivity contribution in [3.05, 3.63) is 0 Å². The molecule has 0 aliphatic carbocycles. The summed E-state index contributed by atoms with van der Waals surface area (Å²) in [6, 6.07) is 0. The number of fused-ring (bicyclic) bond motifs is 1. The lowest BCUT2D eigenvalue weighted by Gasteiger charge is -2.53. The lowest BCUT2D eigenvalue weighted by molar-refractivity contribution is -0.459. The summed E-state index contributed by atoms with van der Waals surface area (Å²) < 4.78 is 15.1. The molecule has 0 aromatic heterocycles. The molecule has 0 aromatic rings. The lowest BCUT2D eigenvalue weighted by atomic mass is 9.73. The van der Waals surface area contributed by atoms with Gasteiger partial charge in [-0.15, -0.1) is 0 Å². The molecule has 0 unspecified atom stereocenters. The molecule has 15 heavy (non-hydrogen) atoms. The Bertz CT molecular complexity index is 317. The van der Waals surface area contributed by atoms with Gasteiger partial charge in [-0.05, 0) is 25.9 Å². The predicted molar refractivity (Wildman–Crippen MR) is 45.4 cm³/mol. The number of esters is 2. The number of carbonyl (C=O) groups is 2. The van der Waals surface area contributed by atoms with E-state index in [0.717, 1.165) is 25.9 Å². The minimum atomic E-state index is -1.41. The highest BCUT2D eigenvalue weighted by atomic mass is 16.9. The van der Waals surface area contributed by atoms with E-state index in [1.165, 1.54) is 0 Å². The zero-order chi connectivity index (χ0) is 10.5. The summed E-state index contributed by atoms with van der Waals surface area (Å²) in [6.45, 7) is 2.12. The molecule has 3 fully saturated rings. The summed E-state index contributed by atoms with van der Waals surface area (Å²) in [5, 5.41) is 3.20. The van der Waals surface area contributed by atoms with Crippen molar-refractivity contribution in [2.75, 3.05) is 19.7 Å². The molecule has 1 N–H and O–H groups in total. The Hall–Kier alpha value is -1.14. The first kappa shape index (κ1) is 9.11. The van der Waals surface area contributed by atoms with E-state index in [2.05, 4.69) is 5.32 Å². The molecule has 0 amide bonds. The second-order valence-corrected chi connectivity index (χ2v) is 4.15. The minimum absolute atomic E-state index is 0.333. The number of carbonyl (C=O) groups excluding carboxylic acids is 2. The van der Waals surface area contributed by atoms with Gasteiger partial charge in [-0.3, -0.25) is 0 Å². The number of hydrogen-bond acceptors (Lipinski definition) is 6. The fraction of sp³-hybridized carbons (Fsp3) is 0.778. The van der Waals surface area contributed by atoms with Crippen LogP contribution in [0.15, 0.2) is 0 Å². The molecule has 0 bridgehead atoms. The second kappa shape index (κ2) is 2.70. The Morgan fingerprint density at radius 2 is 1.67 bits per heavy atom. The average molecular weight is 213 g/mol. The molecule has 2 spiro atoms. The lowest BCUT2D eigenvalue weighted by Crippen LogP contribution is -2.67. The van der Waals surface area contributed by atoms with E-state index >= 15 is 0 Å². The van der Waals surface area contributed by atoms with Crippen LogP contribution in [0, 0.1) is 5.41 Å². The molecule has 0 atom stereocenters. The van der Waals surface area contributed by atoms with E-state index in [-0.39, 0.29) is 5.41 Å². The summed E-state index contributed by atoms with van der Waals surface area (Å²) in [4.78, 5) is 22.0. The number of ether oxygens (including phenoxy) is 3. The third-order valence-corrected chi connectivity index (χ3v) is 3.37. The van der Waals surface area contributed by atoms with Crippen molar-refractivity contribution in [1.29, 1.82) is 0 Å². The van der Waals surface area contributed by atoms with Crippen LogP contribution in [0.4, 0.5) is 0 Å². The topological polar surface area (TPSA) is 73.9 Å². The van der Waals surface area contributed by atoms with Gasteiger partial charge < -0.3 is 19.5 Å². The fourth-order valence-corrected chi connectivity index (χ4v) is 2.37. The van der Waals surface area contributed by atoms with Gasteiger partial charge in [-0.25, -0.2) is 9.59 Å². The summed E-state index contributed by atoms with van der Waals surface area (Å²) in [6.07, 6.45) is 1.57. The second-order valence-electron chi connectivity index (χ2n) is 4.15. The summed E-state index contributed by atoms with van der Waals surface area (Å²) in [5.74, 6) is -3.32. The van der Waals surface area contributed by atoms with Crippen molar-refractivity contribution < 1.29 is 23.8 Å².